The van der Waals surface area contributed by atoms with Crippen LogP contribution < -0.4 is 4.74 Å². The van der Waals surface area contributed by atoms with E-state index in [2.05, 4.69) is 48.5 Å². The summed E-state index contributed by atoms with van der Waals surface area (Å²) in [6.07, 6.45) is 1.03. The largest absolute Gasteiger partial charge is 0.497 e. The molecule has 1 aliphatic carbocycles. The van der Waals surface area contributed by atoms with Gasteiger partial charge in [0.2, 0.25) is 0 Å². The number of ether oxygens (including phenoxy) is 1. The van der Waals surface area contributed by atoms with Crippen LogP contribution in [0.3, 0.4) is 0 Å². The minimum atomic E-state index is 0.930. The lowest BCUT2D eigenvalue weighted by Gasteiger charge is -2.08. The van der Waals surface area contributed by atoms with Gasteiger partial charge in [-0.2, -0.15) is 0 Å². The van der Waals surface area contributed by atoms with Crippen LogP contribution in [0.2, 0.25) is 0 Å². The van der Waals surface area contributed by atoms with E-state index in [4.69, 9.17) is 4.74 Å². The molecule has 0 heterocycles. The fourth-order valence-corrected chi connectivity index (χ4v) is 3.06. The first kappa shape index (κ1) is 10.6. The normalized spacial score (nSPS) is 12.3. The van der Waals surface area contributed by atoms with Gasteiger partial charge in [-0.05, 0) is 51.6 Å². The summed E-state index contributed by atoms with van der Waals surface area (Å²) in [7, 11) is 1.72. The van der Waals surface area contributed by atoms with Crippen LogP contribution in [-0.4, -0.2) is 7.11 Å². The molecule has 1 aliphatic rings. The van der Waals surface area contributed by atoms with Gasteiger partial charge in [0.25, 0.3) is 0 Å². The molecular formula is C18H14O. The van der Waals surface area contributed by atoms with Crippen LogP contribution in [0, 0.1) is 0 Å². The molecule has 1 nitrogen and oxygen atoms in total. The second kappa shape index (κ2) is 3.86. The molecule has 0 spiro atoms. The molecule has 0 amide bonds. The number of methoxy groups -OCH3 is 1. The summed E-state index contributed by atoms with van der Waals surface area (Å²) in [4.78, 5) is 0. The zero-order valence-corrected chi connectivity index (χ0v) is 10.8. The maximum atomic E-state index is 5.37. The van der Waals surface area contributed by atoms with E-state index >= 15 is 0 Å². The van der Waals surface area contributed by atoms with Gasteiger partial charge in [0.1, 0.15) is 5.75 Å². The average Bonchev–Trinajstić information content (AvgIpc) is 2.85. The number of fused-ring (bicyclic) bond motifs is 5. The second-order valence-electron chi connectivity index (χ2n) is 5.02. The second-order valence-corrected chi connectivity index (χ2v) is 5.02. The Labute approximate surface area is 112 Å². The molecule has 0 bridgehead atoms. The van der Waals surface area contributed by atoms with Crippen molar-refractivity contribution in [2.24, 2.45) is 0 Å². The van der Waals surface area contributed by atoms with Gasteiger partial charge in [0.05, 0.1) is 7.11 Å². The fraction of sp³-hybridized carbons (Fsp3) is 0.111. The first-order valence-corrected chi connectivity index (χ1v) is 6.55. The lowest BCUT2D eigenvalue weighted by molar-refractivity contribution is 0.415. The molecule has 4 rings (SSSR count). The van der Waals surface area contributed by atoms with Gasteiger partial charge in [0, 0.05) is 0 Å². The monoisotopic (exact) mass is 246 g/mol. The van der Waals surface area contributed by atoms with Crippen LogP contribution >= 0.6 is 0 Å². The molecule has 3 aromatic carbocycles. The van der Waals surface area contributed by atoms with Crippen molar-refractivity contribution in [3.8, 4) is 16.9 Å². The quantitative estimate of drug-likeness (QED) is 0.483. The topological polar surface area (TPSA) is 9.23 Å². The minimum absolute atomic E-state index is 0.930. The van der Waals surface area contributed by atoms with Crippen LogP contribution in [0.15, 0.2) is 54.6 Å². The Morgan fingerprint density at radius 3 is 2.63 bits per heavy atom. The van der Waals surface area contributed by atoms with Gasteiger partial charge in [-0.25, -0.2) is 0 Å². The summed E-state index contributed by atoms with van der Waals surface area (Å²) in [5.74, 6) is 0.930. The summed E-state index contributed by atoms with van der Waals surface area (Å²) >= 11 is 0. The predicted molar refractivity (Wildman–Crippen MR) is 78.7 cm³/mol. The Balaban J connectivity index is 2.08. The Kier molecular flexibility index (Phi) is 2.16. The maximum Gasteiger partial charge on any atom is 0.119 e. The number of hydrogen-bond acceptors (Lipinski definition) is 1. The van der Waals surface area contributed by atoms with Crippen LogP contribution in [-0.2, 0) is 6.42 Å². The zero-order chi connectivity index (χ0) is 12.8. The predicted octanol–water partition coefficient (Wildman–Crippen LogP) is 4.42. The van der Waals surface area contributed by atoms with Crippen molar-refractivity contribution in [1.29, 1.82) is 0 Å². The lowest BCUT2D eigenvalue weighted by Crippen LogP contribution is -1.85. The molecule has 0 atom stereocenters. The smallest absolute Gasteiger partial charge is 0.119 e. The van der Waals surface area contributed by atoms with E-state index < -0.39 is 0 Å². The number of benzene rings is 3. The van der Waals surface area contributed by atoms with Gasteiger partial charge in [0.15, 0.2) is 0 Å². The van der Waals surface area contributed by atoms with E-state index in [0.29, 0.717) is 0 Å². The first-order valence-electron chi connectivity index (χ1n) is 6.55. The third-order valence-electron chi connectivity index (χ3n) is 3.98. The molecule has 0 saturated carbocycles. The highest BCUT2D eigenvalue weighted by Gasteiger charge is 2.20. The van der Waals surface area contributed by atoms with E-state index in [9.17, 15) is 0 Å². The van der Waals surface area contributed by atoms with E-state index in [0.717, 1.165) is 12.2 Å². The maximum absolute atomic E-state index is 5.37. The molecule has 0 fully saturated rings. The molecule has 19 heavy (non-hydrogen) atoms. The van der Waals surface area contributed by atoms with Crippen LogP contribution in [0.1, 0.15) is 11.1 Å². The number of hydrogen-bond donors (Lipinski definition) is 0. The fourth-order valence-electron chi connectivity index (χ4n) is 3.06. The minimum Gasteiger partial charge on any atom is -0.497 e. The first-order chi connectivity index (χ1) is 9.36. The van der Waals surface area contributed by atoms with E-state index in [1.807, 2.05) is 6.07 Å². The molecule has 3 aromatic rings. The van der Waals surface area contributed by atoms with Crippen LogP contribution in [0.4, 0.5) is 0 Å². The summed E-state index contributed by atoms with van der Waals surface area (Å²) in [5.41, 5.74) is 5.52. The number of rotatable bonds is 1. The van der Waals surface area contributed by atoms with E-state index in [1.165, 1.54) is 33.0 Å². The molecule has 0 N–H and O–H groups in total. The molecular weight excluding hydrogens is 232 g/mol. The summed E-state index contributed by atoms with van der Waals surface area (Å²) in [6, 6.07) is 19.5. The van der Waals surface area contributed by atoms with Crippen molar-refractivity contribution in [2.45, 2.75) is 6.42 Å². The Morgan fingerprint density at radius 1 is 0.895 bits per heavy atom. The molecule has 92 valence electrons. The zero-order valence-electron chi connectivity index (χ0n) is 10.8. The highest BCUT2D eigenvalue weighted by molar-refractivity contribution is 6.01. The standard InChI is InChI=1S/C18H14O/c1-19-15-9-8-13-10-14-7-6-12-4-2-3-5-16(12)18(14)17(13)11-15/h2-9,11H,10H2,1H3. The van der Waals surface area contributed by atoms with Crippen molar-refractivity contribution in [2.75, 3.05) is 7.11 Å². The van der Waals surface area contributed by atoms with Gasteiger partial charge in [-0.15, -0.1) is 0 Å². The van der Waals surface area contributed by atoms with Crippen molar-refractivity contribution in [1.82, 2.24) is 0 Å². The Hall–Kier alpha value is -2.28. The summed E-state index contributed by atoms with van der Waals surface area (Å²) in [5, 5.41) is 2.64. The van der Waals surface area contributed by atoms with Gasteiger partial charge >= 0.3 is 0 Å². The molecule has 0 aliphatic heterocycles. The molecule has 0 saturated heterocycles. The Bertz CT molecular complexity index is 787. The van der Waals surface area contributed by atoms with E-state index in [1.54, 1.807) is 7.11 Å². The van der Waals surface area contributed by atoms with Crippen molar-refractivity contribution < 1.29 is 4.74 Å². The summed E-state index contributed by atoms with van der Waals surface area (Å²) in [6.45, 7) is 0. The van der Waals surface area contributed by atoms with Gasteiger partial charge in [-0.1, -0.05) is 42.5 Å². The Morgan fingerprint density at radius 2 is 1.74 bits per heavy atom. The van der Waals surface area contributed by atoms with Crippen LogP contribution in [0.5, 0.6) is 5.75 Å². The third-order valence-corrected chi connectivity index (χ3v) is 3.98. The highest BCUT2D eigenvalue weighted by atomic mass is 16.5. The van der Waals surface area contributed by atoms with E-state index in [-0.39, 0.29) is 0 Å². The van der Waals surface area contributed by atoms with Gasteiger partial charge < -0.3 is 4.74 Å². The summed E-state index contributed by atoms with van der Waals surface area (Å²) < 4.78 is 5.37. The van der Waals surface area contributed by atoms with Crippen molar-refractivity contribution >= 4 is 10.8 Å². The SMILES string of the molecule is COc1ccc2c(c1)-c1c(ccc3ccccc13)C2. The van der Waals surface area contributed by atoms with Gasteiger partial charge in [-0.3, -0.25) is 0 Å². The molecule has 0 aromatic heterocycles. The van der Waals surface area contributed by atoms with Crippen molar-refractivity contribution in [3.05, 3.63) is 65.7 Å². The molecule has 0 unspecified atom stereocenters. The molecule has 0 radical (unpaired) electrons. The molecule has 1 heteroatoms. The van der Waals surface area contributed by atoms with Crippen LogP contribution in [0.25, 0.3) is 21.9 Å². The lowest BCUT2D eigenvalue weighted by atomic mass is 9.98. The average molecular weight is 246 g/mol. The third kappa shape index (κ3) is 1.48. The van der Waals surface area contributed by atoms with Crippen molar-refractivity contribution in [3.63, 3.8) is 0 Å². The highest BCUT2D eigenvalue weighted by Crippen LogP contribution is 2.42.